The Bertz CT molecular complexity index is 628. The largest absolute Gasteiger partial charge is 0.337 e. The van der Waals surface area contributed by atoms with Gasteiger partial charge in [0, 0.05) is 25.5 Å². The Morgan fingerprint density at radius 1 is 1.24 bits per heavy atom. The Balaban J connectivity index is 0.00000161. The molecule has 1 aliphatic rings. The Kier molecular flexibility index (Phi) is 5.25. The van der Waals surface area contributed by atoms with Crippen molar-refractivity contribution in [1.82, 2.24) is 14.9 Å². The van der Waals surface area contributed by atoms with Crippen LogP contribution in [0, 0.1) is 5.82 Å². The van der Waals surface area contributed by atoms with E-state index in [1.165, 1.54) is 36.2 Å². The second-order valence-electron chi connectivity index (χ2n) is 4.72. The van der Waals surface area contributed by atoms with Gasteiger partial charge in [-0.05, 0) is 31.4 Å². The molecule has 0 aliphatic carbocycles. The predicted molar refractivity (Wildman–Crippen MR) is 82.3 cm³/mol. The molecule has 7 heteroatoms. The van der Waals surface area contributed by atoms with Crippen molar-refractivity contribution < 1.29 is 9.18 Å². The molecule has 1 amide bonds. The predicted octanol–water partition coefficient (Wildman–Crippen LogP) is 3.39. The van der Waals surface area contributed by atoms with Crippen LogP contribution in [-0.2, 0) is 0 Å². The highest BCUT2D eigenvalue weighted by atomic mass is 35.5. The van der Waals surface area contributed by atoms with Crippen molar-refractivity contribution in [2.45, 2.75) is 19.3 Å². The van der Waals surface area contributed by atoms with E-state index in [-0.39, 0.29) is 24.0 Å². The zero-order chi connectivity index (χ0) is 13.9. The van der Waals surface area contributed by atoms with Gasteiger partial charge >= 0.3 is 0 Å². The summed E-state index contributed by atoms with van der Waals surface area (Å²) in [7, 11) is 0. The first-order chi connectivity index (χ1) is 9.75. The first-order valence-corrected chi connectivity index (χ1v) is 7.43. The molecule has 0 saturated carbocycles. The fraction of sp³-hybridized carbons (Fsp3) is 0.357. The van der Waals surface area contributed by atoms with Gasteiger partial charge in [0.15, 0.2) is 5.01 Å². The second-order valence-corrected chi connectivity index (χ2v) is 5.75. The van der Waals surface area contributed by atoms with E-state index in [0.717, 1.165) is 25.9 Å². The summed E-state index contributed by atoms with van der Waals surface area (Å²) in [5.41, 5.74) is 0.252. The Morgan fingerprint density at radius 2 is 2.00 bits per heavy atom. The molecule has 1 saturated heterocycles. The minimum atomic E-state index is -0.395. The molecule has 0 radical (unpaired) electrons. The van der Waals surface area contributed by atoms with Gasteiger partial charge in [-0.15, -0.1) is 23.7 Å². The topological polar surface area (TPSA) is 46.1 Å². The lowest BCUT2D eigenvalue weighted by atomic mass is 10.1. The van der Waals surface area contributed by atoms with Gasteiger partial charge in [0.25, 0.3) is 5.91 Å². The van der Waals surface area contributed by atoms with Gasteiger partial charge in [0.1, 0.15) is 11.5 Å². The molecular weight excluding hydrogens is 313 g/mol. The number of nitrogens with zero attached hydrogens (tertiary/aromatic N) is 3. The molecule has 3 rings (SSSR count). The quantitative estimate of drug-likeness (QED) is 0.849. The summed E-state index contributed by atoms with van der Waals surface area (Å²) >= 11 is 1.20. The third kappa shape index (κ3) is 3.39. The minimum absolute atomic E-state index is 0. The first kappa shape index (κ1) is 15.9. The summed E-state index contributed by atoms with van der Waals surface area (Å²) in [6, 6.07) is 2.90. The van der Waals surface area contributed by atoms with E-state index in [9.17, 15) is 9.18 Å². The summed E-state index contributed by atoms with van der Waals surface area (Å²) in [6.45, 7) is 1.57. The average Bonchev–Trinajstić information content (AvgIpc) is 2.97. The molecule has 4 nitrogen and oxygen atoms in total. The molecule has 21 heavy (non-hydrogen) atoms. The number of aromatic nitrogens is 2. The molecule has 0 aromatic carbocycles. The number of hydrogen-bond donors (Lipinski definition) is 0. The minimum Gasteiger partial charge on any atom is -0.337 e. The van der Waals surface area contributed by atoms with Crippen molar-refractivity contribution in [3.05, 3.63) is 35.4 Å². The standard InChI is InChI=1S/C14H14FN3OS.ClH/c15-10-5-4-6-16-12(10)11-9-17-13(20-11)14(19)18-7-2-1-3-8-18;/h4-6,9H,1-3,7-8H2;1H. The summed E-state index contributed by atoms with van der Waals surface area (Å²) < 4.78 is 13.7. The fourth-order valence-electron chi connectivity index (χ4n) is 2.28. The maximum atomic E-state index is 13.7. The number of pyridine rings is 1. The van der Waals surface area contributed by atoms with Crippen LogP contribution >= 0.6 is 23.7 Å². The lowest BCUT2D eigenvalue weighted by molar-refractivity contribution is 0.0724. The SMILES string of the molecule is Cl.O=C(c1ncc(-c2ncccc2F)s1)N1CCCCC1. The Labute approximate surface area is 132 Å². The van der Waals surface area contributed by atoms with Gasteiger partial charge in [0.05, 0.1) is 4.88 Å². The molecule has 1 fully saturated rings. The number of amides is 1. The monoisotopic (exact) mass is 327 g/mol. The van der Waals surface area contributed by atoms with Crippen molar-refractivity contribution in [2.24, 2.45) is 0 Å². The second kappa shape index (κ2) is 6.95. The van der Waals surface area contributed by atoms with Crippen LogP contribution in [0.4, 0.5) is 4.39 Å². The van der Waals surface area contributed by atoms with E-state index in [0.29, 0.717) is 9.88 Å². The molecule has 0 N–H and O–H groups in total. The number of likely N-dealkylation sites (tertiary alicyclic amines) is 1. The first-order valence-electron chi connectivity index (χ1n) is 6.62. The summed E-state index contributed by atoms with van der Waals surface area (Å²) in [6.07, 6.45) is 6.31. The van der Waals surface area contributed by atoms with Gasteiger partial charge in [0.2, 0.25) is 0 Å². The van der Waals surface area contributed by atoms with Gasteiger partial charge in [-0.1, -0.05) is 0 Å². The van der Waals surface area contributed by atoms with Crippen molar-refractivity contribution in [1.29, 1.82) is 0 Å². The van der Waals surface area contributed by atoms with Crippen LogP contribution in [0.25, 0.3) is 10.6 Å². The molecular formula is C14H15ClFN3OS. The maximum Gasteiger partial charge on any atom is 0.282 e. The zero-order valence-corrected chi connectivity index (χ0v) is 12.9. The molecule has 0 unspecified atom stereocenters. The normalized spacial score (nSPS) is 14.6. The van der Waals surface area contributed by atoms with Crippen LogP contribution in [0.2, 0.25) is 0 Å². The Morgan fingerprint density at radius 3 is 2.71 bits per heavy atom. The molecule has 3 heterocycles. The van der Waals surface area contributed by atoms with E-state index < -0.39 is 5.82 Å². The number of halogens is 2. The van der Waals surface area contributed by atoms with Crippen molar-refractivity contribution in [3.8, 4) is 10.6 Å². The van der Waals surface area contributed by atoms with E-state index in [2.05, 4.69) is 9.97 Å². The number of rotatable bonds is 2. The summed E-state index contributed by atoms with van der Waals surface area (Å²) in [4.78, 5) is 22.8. The Hall–Kier alpha value is -1.53. The van der Waals surface area contributed by atoms with Crippen molar-refractivity contribution in [2.75, 3.05) is 13.1 Å². The lowest BCUT2D eigenvalue weighted by Gasteiger charge is -2.25. The highest BCUT2D eigenvalue weighted by Gasteiger charge is 2.22. The van der Waals surface area contributed by atoms with E-state index in [4.69, 9.17) is 0 Å². The molecule has 0 bridgehead atoms. The lowest BCUT2D eigenvalue weighted by Crippen LogP contribution is -2.35. The average molecular weight is 328 g/mol. The number of carbonyl (C=O) groups is 1. The van der Waals surface area contributed by atoms with Crippen molar-refractivity contribution in [3.63, 3.8) is 0 Å². The maximum absolute atomic E-state index is 13.7. The number of piperidine rings is 1. The van der Waals surface area contributed by atoms with E-state index in [1.807, 2.05) is 4.90 Å². The van der Waals surface area contributed by atoms with E-state index in [1.54, 1.807) is 6.07 Å². The summed E-state index contributed by atoms with van der Waals surface area (Å²) in [5, 5.41) is 0.409. The highest BCUT2D eigenvalue weighted by Crippen LogP contribution is 2.27. The zero-order valence-electron chi connectivity index (χ0n) is 11.3. The molecule has 0 spiro atoms. The molecule has 2 aromatic rings. The number of hydrogen-bond acceptors (Lipinski definition) is 4. The van der Waals surface area contributed by atoms with Crippen molar-refractivity contribution >= 4 is 29.7 Å². The van der Waals surface area contributed by atoms with E-state index >= 15 is 0 Å². The molecule has 2 aromatic heterocycles. The van der Waals surface area contributed by atoms with Crippen LogP contribution in [0.15, 0.2) is 24.5 Å². The third-order valence-electron chi connectivity index (χ3n) is 3.32. The smallest absolute Gasteiger partial charge is 0.282 e. The number of carbonyl (C=O) groups excluding carboxylic acids is 1. The fourth-order valence-corrected chi connectivity index (χ4v) is 3.16. The molecule has 112 valence electrons. The summed E-state index contributed by atoms with van der Waals surface area (Å²) in [5.74, 6) is -0.453. The highest BCUT2D eigenvalue weighted by molar-refractivity contribution is 7.16. The van der Waals surface area contributed by atoms with Gasteiger partial charge in [-0.2, -0.15) is 0 Å². The number of thiazole rings is 1. The van der Waals surface area contributed by atoms with Gasteiger partial charge in [-0.3, -0.25) is 9.78 Å². The van der Waals surface area contributed by atoms with Crippen LogP contribution in [0.1, 0.15) is 29.1 Å². The molecule has 0 atom stereocenters. The van der Waals surface area contributed by atoms with Crippen LogP contribution in [0.3, 0.4) is 0 Å². The van der Waals surface area contributed by atoms with Gasteiger partial charge in [-0.25, -0.2) is 9.37 Å². The van der Waals surface area contributed by atoms with Crippen LogP contribution in [-0.4, -0.2) is 33.9 Å². The van der Waals surface area contributed by atoms with Crippen LogP contribution in [0.5, 0.6) is 0 Å². The van der Waals surface area contributed by atoms with Gasteiger partial charge < -0.3 is 4.90 Å². The third-order valence-corrected chi connectivity index (χ3v) is 4.32. The molecule has 1 aliphatic heterocycles. The van der Waals surface area contributed by atoms with Crippen LogP contribution < -0.4 is 0 Å².